The predicted octanol–water partition coefficient (Wildman–Crippen LogP) is 4.15. The Kier molecular flexibility index (Phi) is 4.12. The Balaban J connectivity index is 2.88. The van der Waals surface area contributed by atoms with E-state index in [1.165, 1.54) is 12.0 Å². The van der Waals surface area contributed by atoms with Gasteiger partial charge in [0.15, 0.2) is 0 Å². The summed E-state index contributed by atoms with van der Waals surface area (Å²) in [6, 6.07) is 0. The van der Waals surface area contributed by atoms with Crippen LogP contribution in [-0.2, 0) is 4.79 Å². The molecule has 16 heavy (non-hydrogen) atoms. The van der Waals surface area contributed by atoms with Crippen LogP contribution in [-0.4, -0.2) is 6.29 Å². The highest BCUT2D eigenvalue weighted by molar-refractivity contribution is 5.60. The number of carbonyl (C=O) groups is 1. The molecule has 1 heteroatoms. The van der Waals surface area contributed by atoms with Crippen LogP contribution in [0.5, 0.6) is 0 Å². The minimum Gasteiger partial charge on any atom is -0.303 e. The molecule has 1 rings (SSSR count). The summed E-state index contributed by atoms with van der Waals surface area (Å²) in [7, 11) is 0. The number of allylic oxidation sites excluding steroid dienone is 3. The molecule has 0 N–H and O–H groups in total. The van der Waals surface area contributed by atoms with E-state index in [1.54, 1.807) is 0 Å². The maximum atomic E-state index is 11.2. The van der Waals surface area contributed by atoms with Crippen molar-refractivity contribution in [2.24, 2.45) is 17.3 Å². The normalized spacial score (nSPS) is 30.2. The van der Waals surface area contributed by atoms with E-state index in [-0.39, 0.29) is 11.3 Å². The molecule has 0 saturated heterocycles. The van der Waals surface area contributed by atoms with Crippen molar-refractivity contribution >= 4 is 6.29 Å². The van der Waals surface area contributed by atoms with E-state index < -0.39 is 0 Å². The lowest BCUT2D eigenvalue weighted by Gasteiger charge is -2.44. The maximum Gasteiger partial charge on any atom is 0.127 e. The first-order valence-electron chi connectivity index (χ1n) is 6.18. The second-order valence-electron chi connectivity index (χ2n) is 5.67. The van der Waals surface area contributed by atoms with Crippen LogP contribution in [0.3, 0.4) is 0 Å². The lowest BCUT2D eigenvalue weighted by molar-refractivity contribution is -0.114. The summed E-state index contributed by atoms with van der Waals surface area (Å²) in [5.74, 6) is 0.639. The van der Waals surface area contributed by atoms with Crippen molar-refractivity contribution in [2.45, 2.75) is 47.0 Å². The zero-order valence-electron chi connectivity index (χ0n) is 11.0. The molecule has 0 heterocycles. The van der Waals surface area contributed by atoms with Crippen LogP contribution < -0.4 is 0 Å². The molecule has 0 spiro atoms. The number of carbonyl (C=O) groups excluding carboxylic acids is 1. The fourth-order valence-corrected chi connectivity index (χ4v) is 2.81. The van der Waals surface area contributed by atoms with Gasteiger partial charge in [-0.2, -0.15) is 0 Å². The molecular weight excluding hydrogens is 196 g/mol. The summed E-state index contributed by atoms with van der Waals surface area (Å²) in [6.07, 6.45) is 6.56. The van der Waals surface area contributed by atoms with Crippen LogP contribution in [0.4, 0.5) is 0 Å². The highest BCUT2D eigenvalue weighted by Crippen LogP contribution is 2.48. The molecule has 1 aliphatic rings. The van der Waals surface area contributed by atoms with Gasteiger partial charge in [0.05, 0.1) is 0 Å². The lowest BCUT2D eigenvalue weighted by atomic mass is 9.60. The highest BCUT2D eigenvalue weighted by atomic mass is 16.1. The molecule has 0 aromatic carbocycles. The van der Waals surface area contributed by atoms with Crippen molar-refractivity contribution in [3.63, 3.8) is 0 Å². The average Bonchev–Trinajstić information content (AvgIpc) is 2.22. The Morgan fingerprint density at radius 3 is 2.69 bits per heavy atom. The molecule has 0 bridgehead atoms. The molecule has 2 unspecified atom stereocenters. The van der Waals surface area contributed by atoms with Crippen molar-refractivity contribution in [3.8, 4) is 0 Å². The molecule has 1 nitrogen and oxygen atoms in total. The van der Waals surface area contributed by atoms with Crippen molar-refractivity contribution in [3.05, 3.63) is 23.8 Å². The second kappa shape index (κ2) is 4.99. The van der Waals surface area contributed by atoms with Crippen molar-refractivity contribution < 1.29 is 4.79 Å². The lowest BCUT2D eigenvalue weighted by Crippen LogP contribution is -2.38. The Labute approximate surface area is 99.6 Å². The van der Waals surface area contributed by atoms with Gasteiger partial charge in [-0.3, -0.25) is 0 Å². The standard InChI is InChI=1S/C15H24O/c1-6-11(2)9-13-8-7-12(3)14(10-16)15(13,4)5/h6,10,13-14H,3,7-9H2,1-2,4-5H3/b11-6-. The van der Waals surface area contributed by atoms with E-state index in [0.29, 0.717) is 5.92 Å². The molecule has 0 aromatic heterocycles. The van der Waals surface area contributed by atoms with Crippen molar-refractivity contribution in [1.82, 2.24) is 0 Å². The van der Waals surface area contributed by atoms with Crippen molar-refractivity contribution in [1.29, 1.82) is 0 Å². The third-order valence-electron chi connectivity index (χ3n) is 4.30. The van der Waals surface area contributed by atoms with Gasteiger partial charge in [0.25, 0.3) is 0 Å². The molecule has 2 atom stereocenters. The topological polar surface area (TPSA) is 17.1 Å². The van der Waals surface area contributed by atoms with E-state index in [9.17, 15) is 4.79 Å². The van der Waals surface area contributed by atoms with Crippen LogP contribution in [0.1, 0.15) is 47.0 Å². The maximum absolute atomic E-state index is 11.2. The van der Waals surface area contributed by atoms with E-state index in [2.05, 4.69) is 40.3 Å². The van der Waals surface area contributed by atoms with Crippen molar-refractivity contribution in [2.75, 3.05) is 0 Å². The first-order chi connectivity index (χ1) is 7.43. The summed E-state index contributed by atoms with van der Waals surface area (Å²) in [4.78, 5) is 11.2. The van der Waals surface area contributed by atoms with Gasteiger partial charge in [-0.05, 0) is 44.4 Å². The third-order valence-corrected chi connectivity index (χ3v) is 4.30. The molecule has 1 aliphatic carbocycles. The first kappa shape index (κ1) is 13.2. The van der Waals surface area contributed by atoms with Crippen LogP contribution in [0, 0.1) is 17.3 Å². The molecule has 0 radical (unpaired) electrons. The van der Waals surface area contributed by atoms with Crippen LogP contribution in [0.2, 0.25) is 0 Å². The monoisotopic (exact) mass is 220 g/mol. The van der Waals surface area contributed by atoms with Crippen LogP contribution >= 0.6 is 0 Å². The SMILES string of the molecule is C=C1CCC(C/C(C)=C\C)C(C)(C)C1C=O. The molecule has 1 saturated carbocycles. The molecule has 0 aromatic rings. The number of hydrogen-bond donors (Lipinski definition) is 0. The first-order valence-corrected chi connectivity index (χ1v) is 6.18. The fraction of sp³-hybridized carbons (Fsp3) is 0.667. The fourth-order valence-electron chi connectivity index (χ4n) is 2.81. The minimum atomic E-state index is 0.0379. The molecule has 0 aliphatic heterocycles. The highest BCUT2D eigenvalue weighted by Gasteiger charge is 2.41. The Hall–Kier alpha value is -0.850. The predicted molar refractivity (Wildman–Crippen MR) is 69.2 cm³/mol. The Bertz CT molecular complexity index is 309. The van der Waals surface area contributed by atoms with Crippen LogP contribution in [0.15, 0.2) is 23.8 Å². The quantitative estimate of drug-likeness (QED) is 0.516. The average molecular weight is 220 g/mol. The summed E-state index contributed by atoms with van der Waals surface area (Å²) in [6.45, 7) is 12.7. The Morgan fingerprint density at radius 2 is 2.19 bits per heavy atom. The zero-order valence-corrected chi connectivity index (χ0v) is 11.0. The molecule has 1 fully saturated rings. The minimum absolute atomic E-state index is 0.0379. The summed E-state index contributed by atoms with van der Waals surface area (Å²) >= 11 is 0. The number of hydrogen-bond acceptors (Lipinski definition) is 1. The zero-order chi connectivity index (χ0) is 12.3. The largest absolute Gasteiger partial charge is 0.303 e. The van der Waals surface area contributed by atoms with Gasteiger partial charge in [0.1, 0.15) is 6.29 Å². The van der Waals surface area contributed by atoms with Gasteiger partial charge in [-0.1, -0.05) is 37.6 Å². The van der Waals surface area contributed by atoms with Crippen LogP contribution in [0.25, 0.3) is 0 Å². The summed E-state index contributed by atoms with van der Waals surface area (Å²) in [5.41, 5.74) is 2.60. The number of rotatable bonds is 3. The van der Waals surface area contributed by atoms with Gasteiger partial charge in [-0.25, -0.2) is 0 Å². The van der Waals surface area contributed by atoms with Gasteiger partial charge < -0.3 is 4.79 Å². The van der Waals surface area contributed by atoms with Gasteiger partial charge in [-0.15, -0.1) is 0 Å². The number of aldehydes is 1. The molecular formula is C15H24O. The van der Waals surface area contributed by atoms with Gasteiger partial charge >= 0.3 is 0 Å². The molecule has 0 amide bonds. The van der Waals surface area contributed by atoms with Gasteiger partial charge in [0, 0.05) is 5.92 Å². The van der Waals surface area contributed by atoms with E-state index in [0.717, 1.165) is 24.7 Å². The summed E-state index contributed by atoms with van der Waals surface area (Å²) < 4.78 is 0. The second-order valence-corrected chi connectivity index (χ2v) is 5.67. The molecule has 90 valence electrons. The van der Waals surface area contributed by atoms with E-state index in [4.69, 9.17) is 0 Å². The Morgan fingerprint density at radius 1 is 1.56 bits per heavy atom. The smallest absolute Gasteiger partial charge is 0.127 e. The van der Waals surface area contributed by atoms with E-state index >= 15 is 0 Å². The van der Waals surface area contributed by atoms with E-state index in [1.807, 2.05) is 0 Å². The third kappa shape index (κ3) is 2.45. The van der Waals surface area contributed by atoms with Gasteiger partial charge in [0.2, 0.25) is 0 Å². The summed E-state index contributed by atoms with van der Waals surface area (Å²) in [5, 5.41) is 0.